The van der Waals surface area contributed by atoms with Crippen molar-refractivity contribution in [3.05, 3.63) is 74.4 Å². The number of para-hydroxylation sites is 2. The number of hydrogen-bond acceptors (Lipinski definition) is 4. The molecule has 2 aromatic carbocycles. The Morgan fingerprint density at radius 1 is 1.04 bits per heavy atom. The predicted molar refractivity (Wildman–Crippen MR) is 111 cm³/mol. The van der Waals surface area contributed by atoms with Crippen molar-refractivity contribution in [2.45, 2.75) is 13.5 Å². The van der Waals surface area contributed by atoms with Gasteiger partial charge in [0.25, 0.3) is 5.91 Å². The first-order valence-electron chi connectivity index (χ1n) is 8.25. The van der Waals surface area contributed by atoms with Gasteiger partial charge in [0.15, 0.2) is 11.5 Å². The fourth-order valence-corrected chi connectivity index (χ4v) is 3.43. The Bertz CT molecular complexity index is 942. The largest absolute Gasteiger partial charge is 0.490 e. The maximum Gasteiger partial charge on any atom is 0.265 e. The average molecular weight is 422 g/mol. The molecule has 140 valence electrons. The molecule has 0 saturated carbocycles. The lowest BCUT2D eigenvalue weighted by molar-refractivity contribution is 0.103. The molecule has 0 fully saturated rings. The molecule has 0 aliphatic heterocycles. The van der Waals surface area contributed by atoms with Crippen molar-refractivity contribution in [3.8, 4) is 11.5 Å². The van der Waals surface area contributed by atoms with Gasteiger partial charge >= 0.3 is 0 Å². The number of rotatable bonds is 7. The van der Waals surface area contributed by atoms with E-state index in [0.29, 0.717) is 45.3 Å². The van der Waals surface area contributed by atoms with Gasteiger partial charge in [-0.25, -0.2) is 0 Å². The molecule has 0 aliphatic rings. The molecule has 0 spiro atoms. The number of halogens is 2. The van der Waals surface area contributed by atoms with Crippen molar-refractivity contribution >= 4 is 46.1 Å². The minimum atomic E-state index is -0.209. The average Bonchev–Trinajstić information content (AvgIpc) is 3.13. The summed E-state index contributed by atoms with van der Waals surface area (Å²) in [7, 11) is 0. The van der Waals surface area contributed by atoms with Crippen LogP contribution >= 0.6 is 34.5 Å². The fraction of sp³-hybridized carbons (Fsp3) is 0.150. The summed E-state index contributed by atoms with van der Waals surface area (Å²) in [5.74, 6) is 1.17. The van der Waals surface area contributed by atoms with Crippen LogP contribution in [-0.2, 0) is 6.61 Å². The van der Waals surface area contributed by atoms with Gasteiger partial charge in [-0.15, -0.1) is 11.3 Å². The molecule has 3 rings (SSSR count). The van der Waals surface area contributed by atoms with E-state index in [1.165, 1.54) is 11.3 Å². The van der Waals surface area contributed by atoms with Crippen LogP contribution in [0.2, 0.25) is 10.0 Å². The fourth-order valence-electron chi connectivity index (χ4n) is 2.34. The highest BCUT2D eigenvalue weighted by Crippen LogP contribution is 2.28. The lowest BCUT2D eigenvalue weighted by Gasteiger charge is -2.10. The quantitative estimate of drug-likeness (QED) is 0.487. The molecule has 1 N–H and O–H groups in total. The van der Waals surface area contributed by atoms with Crippen molar-refractivity contribution in [1.29, 1.82) is 0 Å². The Hall–Kier alpha value is -2.21. The van der Waals surface area contributed by atoms with E-state index in [1.54, 1.807) is 24.3 Å². The van der Waals surface area contributed by atoms with Gasteiger partial charge in [-0.05, 0) is 48.7 Å². The van der Waals surface area contributed by atoms with Crippen LogP contribution in [0.4, 0.5) is 5.69 Å². The van der Waals surface area contributed by atoms with E-state index >= 15 is 0 Å². The molecule has 0 radical (unpaired) electrons. The van der Waals surface area contributed by atoms with Crippen LogP contribution in [-0.4, -0.2) is 12.5 Å². The van der Waals surface area contributed by atoms with Crippen LogP contribution in [0, 0.1) is 0 Å². The van der Waals surface area contributed by atoms with Gasteiger partial charge < -0.3 is 14.8 Å². The number of ether oxygens (including phenoxy) is 2. The third kappa shape index (κ3) is 5.16. The molecular weight excluding hydrogens is 405 g/mol. The summed E-state index contributed by atoms with van der Waals surface area (Å²) in [6, 6.07) is 14.3. The van der Waals surface area contributed by atoms with Gasteiger partial charge in [-0.3, -0.25) is 4.79 Å². The van der Waals surface area contributed by atoms with Crippen LogP contribution in [0.3, 0.4) is 0 Å². The number of anilines is 1. The zero-order valence-electron chi connectivity index (χ0n) is 14.5. The number of benzene rings is 2. The second-order valence-electron chi connectivity index (χ2n) is 5.57. The van der Waals surface area contributed by atoms with Gasteiger partial charge in [-0.1, -0.05) is 35.3 Å². The summed E-state index contributed by atoms with van der Waals surface area (Å²) in [5.41, 5.74) is 1.50. The molecule has 4 nitrogen and oxygen atoms in total. The molecule has 1 aromatic heterocycles. The normalized spacial score (nSPS) is 10.5. The molecule has 1 heterocycles. The van der Waals surface area contributed by atoms with Crippen molar-refractivity contribution in [2.75, 3.05) is 11.9 Å². The Kier molecular flexibility index (Phi) is 6.61. The van der Waals surface area contributed by atoms with E-state index in [-0.39, 0.29) is 5.91 Å². The summed E-state index contributed by atoms with van der Waals surface area (Å²) in [4.78, 5) is 13.0. The lowest BCUT2D eigenvalue weighted by Crippen LogP contribution is -2.10. The minimum absolute atomic E-state index is 0.209. The Morgan fingerprint density at radius 3 is 2.48 bits per heavy atom. The number of hydrogen-bond donors (Lipinski definition) is 1. The van der Waals surface area contributed by atoms with E-state index < -0.39 is 0 Å². The first-order valence-corrected chi connectivity index (χ1v) is 9.89. The molecule has 0 bridgehead atoms. The van der Waals surface area contributed by atoms with Crippen LogP contribution < -0.4 is 14.8 Å². The van der Waals surface area contributed by atoms with Gasteiger partial charge in [0.1, 0.15) is 6.61 Å². The van der Waals surface area contributed by atoms with E-state index in [9.17, 15) is 4.79 Å². The van der Waals surface area contributed by atoms with Crippen LogP contribution in [0.1, 0.15) is 22.2 Å². The lowest BCUT2D eigenvalue weighted by atomic mass is 10.3. The van der Waals surface area contributed by atoms with E-state index in [2.05, 4.69) is 5.32 Å². The highest BCUT2D eigenvalue weighted by Gasteiger charge is 2.12. The van der Waals surface area contributed by atoms with E-state index in [1.807, 2.05) is 36.6 Å². The van der Waals surface area contributed by atoms with Gasteiger partial charge in [0, 0.05) is 11.3 Å². The summed E-state index contributed by atoms with van der Waals surface area (Å²) in [5, 5.41) is 5.54. The zero-order valence-corrected chi connectivity index (χ0v) is 16.8. The van der Waals surface area contributed by atoms with Gasteiger partial charge in [0.05, 0.1) is 21.5 Å². The van der Waals surface area contributed by atoms with Crippen LogP contribution in [0.15, 0.2) is 53.9 Å². The highest BCUT2D eigenvalue weighted by atomic mass is 35.5. The second-order valence-corrected chi connectivity index (χ2v) is 7.30. The summed E-state index contributed by atoms with van der Waals surface area (Å²) >= 11 is 13.2. The number of amides is 1. The Morgan fingerprint density at radius 2 is 1.78 bits per heavy atom. The van der Waals surface area contributed by atoms with Crippen LogP contribution in [0.25, 0.3) is 0 Å². The van der Waals surface area contributed by atoms with Crippen molar-refractivity contribution in [1.82, 2.24) is 0 Å². The van der Waals surface area contributed by atoms with Gasteiger partial charge in [-0.2, -0.15) is 0 Å². The molecular formula is C20H17Cl2NO3S. The number of thiophene rings is 1. The second kappa shape index (κ2) is 9.13. The molecule has 0 atom stereocenters. The monoisotopic (exact) mass is 421 g/mol. The third-order valence-corrected chi connectivity index (χ3v) is 5.32. The minimum Gasteiger partial charge on any atom is -0.490 e. The Balaban J connectivity index is 1.62. The molecule has 27 heavy (non-hydrogen) atoms. The van der Waals surface area contributed by atoms with E-state index in [4.69, 9.17) is 32.7 Å². The standard InChI is InChI=1S/C20H17Cl2NO3S/c1-2-25-17-5-3-4-6-18(17)26-11-13-9-19(27-12-13)20(24)23-14-7-8-15(21)16(22)10-14/h3-10,12H,2,11H2,1H3,(H,23,24). The smallest absolute Gasteiger partial charge is 0.265 e. The predicted octanol–water partition coefficient (Wildman–Crippen LogP) is 6.28. The summed E-state index contributed by atoms with van der Waals surface area (Å²) in [6.45, 7) is 2.84. The van der Waals surface area contributed by atoms with E-state index in [0.717, 1.165) is 5.56 Å². The molecule has 1 amide bonds. The Labute approximate surface area is 171 Å². The summed E-state index contributed by atoms with van der Waals surface area (Å²) in [6.07, 6.45) is 0. The van der Waals surface area contributed by atoms with Gasteiger partial charge in [0.2, 0.25) is 0 Å². The van der Waals surface area contributed by atoms with Crippen molar-refractivity contribution in [3.63, 3.8) is 0 Å². The number of carbonyl (C=O) groups is 1. The molecule has 7 heteroatoms. The van der Waals surface area contributed by atoms with Crippen molar-refractivity contribution < 1.29 is 14.3 Å². The number of nitrogens with one attached hydrogen (secondary N) is 1. The number of carbonyl (C=O) groups excluding carboxylic acids is 1. The maximum absolute atomic E-state index is 12.4. The highest BCUT2D eigenvalue weighted by molar-refractivity contribution is 7.12. The SMILES string of the molecule is CCOc1ccccc1OCc1csc(C(=O)Nc2ccc(Cl)c(Cl)c2)c1. The molecule has 3 aromatic rings. The molecule has 0 aliphatic carbocycles. The third-order valence-electron chi connectivity index (χ3n) is 3.60. The maximum atomic E-state index is 12.4. The summed E-state index contributed by atoms with van der Waals surface area (Å²) < 4.78 is 11.4. The van der Waals surface area contributed by atoms with Crippen molar-refractivity contribution in [2.24, 2.45) is 0 Å². The topological polar surface area (TPSA) is 47.6 Å². The first kappa shape index (κ1) is 19.5. The first-order chi connectivity index (χ1) is 13.1. The van der Waals surface area contributed by atoms with Crippen LogP contribution in [0.5, 0.6) is 11.5 Å². The molecule has 0 unspecified atom stereocenters. The zero-order chi connectivity index (χ0) is 19.2. The molecule has 0 saturated heterocycles.